The molecule has 1 rings (SSSR count). The summed E-state index contributed by atoms with van der Waals surface area (Å²) in [6, 6.07) is 0. The van der Waals surface area contributed by atoms with Crippen molar-refractivity contribution in [3.8, 4) is 0 Å². The molecule has 0 aromatic rings. The average molecular weight is 213 g/mol. The van der Waals surface area contributed by atoms with Crippen LogP contribution in [0.1, 0.15) is 32.6 Å². The second-order valence-electron chi connectivity index (χ2n) is 5.02. The molecule has 1 unspecified atom stereocenters. The van der Waals surface area contributed by atoms with Crippen LogP contribution in [0, 0.1) is 0 Å². The number of hydrogen-bond donors (Lipinski definition) is 1. The van der Waals surface area contributed by atoms with Gasteiger partial charge in [-0.1, -0.05) is 6.92 Å². The molecule has 1 atom stereocenters. The molecule has 1 aliphatic rings. The maximum absolute atomic E-state index is 5.97. The Bertz CT molecular complexity index is 182. The van der Waals surface area contributed by atoms with E-state index in [1.807, 2.05) is 0 Å². The zero-order valence-corrected chi connectivity index (χ0v) is 10.6. The Balaban J connectivity index is 2.56. The number of nitrogens with two attached hydrogens (primary N) is 1. The van der Waals surface area contributed by atoms with Crippen LogP contribution in [-0.4, -0.2) is 55.6 Å². The van der Waals surface area contributed by atoms with Gasteiger partial charge in [0.15, 0.2) is 0 Å². The Morgan fingerprint density at radius 1 is 1.27 bits per heavy atom. The lowest BCUT2D eigenvalue weighted by molar-refractivity contribution is 0.136. The van der Waals surface area contributed by atoms with Crippen LogP contribution < -0.4 is 5.73 Å². The van der Waals surface area contributed by atoms with E-state index in [4.69, 9.17) is 5.73 Å². The van der Waals surface area contributed by atoms with Crippen LogP contribution in [0.2, 0.25) is 0 Å². The summed E-state index contributed by atoms with van der Waals surface area (Å²) in [7, 11) is 4.34. The molecule has 0 radical (unpaired) electrons. The van der Waals surface area contributed by atoms with Crippen LogP contribution in [0.3, 0.4) is 0 Å². The number of rotatable bonds is 4. The van der Waals surface area contributed by atoms with Gasteiger partial charge < -0.3 is 15.5 Å². The molecule has 15 heavy (non-hydrogen) atoms. The van der Waals surface area contributed by atoms with Crippen molar-refractivity contribution >= 4 is 0 Å². The Kier molecular flexibility index (Phi) is 5.03. The molecule has 1 saturated heterocycles. The first-order valence-corrected chi connectivity index (χ1v) is 6.24. The monoisotopic (exact) mass is 213 g/mol. The Hall–Kier alpha value is -0.120. The van der Waals surface area contributed by atoms with E-state index in [9.17, 15) is 0 Å². The number of likely N-dealkylation sites (tertiary alicyclic amines) is 1. The van der Waals surface area contributed by atoms with Gasteiger partial charge in [0.25, 0.3) is 0 Å². The van der Waals surface area contributed by atoms with E-state index < -0.39 is 0 Å². The highest BCUT2D eigenvalue weighted by Gasteiger charge is 2.32. The minimum absolute atomic E-state index is 0.252. The molecule has 3 heteroatoms. The number of nitrogens with zero attached hydrogens (tertiary/aromatic N) is 2. The van der Waals surface area contributed by atoms with Gasteiger partial charge in [-0.15, -0.1) is 0 Å². The first-order chi connectivity index (χ1) is 7.14. The van der Waals surface area contributed by atoms with Crippen molar-refractivity contribution in [1.82, 2.24) is 9.80 Å². The minimum atomic E-state index is 0.252. The molecule has 0 aromatic heterocycles. The van der Waals surface area contributed by atoms with E-state index in [1.165, 1.54) is 45.3 Å². The first-order valence-electron chi connectivity index (χ1n) is 6.24. The molecule has 0 aromatic carbocycles. The Morgan fingerprint density at radius 3 is 2.53 bits per heavy atom. The van der Waals surface area contributed by atoms with Crippen molar-refractivity contribution in [2.24, 2.45) is 5.73 Å². The molecule has 1 heterocycles. The summed E-state index contributed by atoms with van der Waals surface area (Å²) in [5.41, 5.74) is 6.22. The van der Waals surface area contributed by atoms with Crippen LogP contribution in [0.15, 0.2) is 0 Å². The third-order valence-corrected chi connectivity index (χ3v) is 3.88. The Labute approximate surface area is 94.6 Å². The van der Waals surface area contributed by atoms with Crippen molar-refractivity contribution in [3.63, 3.8) is 0 Å². The molecule has 90 valence electrons. The summed E-state index contributed by atoms with van der Waals surface area (Å²) in [4.78, 5) is 4.92. The second kappa shape index (κ2) is 5.83. The van der Waals surface area contributed by atoms with Crippen molar-refractivity contribution in [3.05, 3.63) is 0 Å². The summed E-state index contributed by atoms with van der Waals surface area (Å²) >= 11 is 0. The van der Waals surface area contributed by atoms with E-state index in [0.29, 0.717) is 0 Å². The summed E-state index contributed by atoms with van der Waals surface area (Å²) in [5, 5.41) is 0. The fourth-order valence-corrected chi connectivity index (χ4v) is 2.61. The molecule has 0 aliphatic carbocycles. The van der Waals surface area contributed by atoms with Gasteiger partial charge in [-0.05, 0) is 59.4 Å². The van der Waals surface area contributed by atoms with Crippen LogP contribution in [0.25, 0.3) is 0 Å². The number of hydrogen-bond acceptors (Lipinski definition) is 3. The van der Waals surface area contributed by atoms with Crippen molar-refractivity contribution in [2.45, 2.75) is 38.1 Å². The first kappa shape index (κ1) is 12.9. The van der Waals surface area contributed by atoms with Crippen LogP contribution >= 0.6 is 0 Å². The summed E-state index contributed by atoms with van der Waals surface area (Å²) in [6.45, 7) is 6.76. The van der Waals surface area contributed by atoms with Gasteiger partial charge in [0.2, 0.25) is 0 Å². The molecular formula is C12H27N3. The summed E-state index contributed by atoms with van der Waals surface area (Å²) in [5.74, 6) is 0. The maximum Gasteiger partial charge on any atom is 0.0338 e. The third-order valence-electron chi connectivity index (χ3n) is 3.88. The zero-order chi connectivity index (χ0) is 11.3. The molecule has 2 N–H and O–H groups in total. The lowest BCUT2D eigenvalue weighted by atomic mass is 9.89. The molecule has 0 spiro atoms. The lowest BCUT2D eigenvalue weighted by Crippen LogP contribution is -2.50. The largest absolute Gasteiger partial charge is 0.329 e. The lowest BCUT2D eigenvalue weighted by Gasteiger charge is -2.38. The SMILES string of the molecule is CCCN1CCCC(CN)(N(C)C)CC1. The highest BCUT2D eigenvalue weighted by Crippen LogP contribution is 2.26. The average Bonchev–Trinajstić information content (AvgIpc) is 2.42. The van der Waals surface area contributed by atoms with Crippen LogP contribution in [0.5, 0.6) is 0 Å². The highest BCUT2D eigenvalue weighted by atomic mass is 15.2. The third kappa shape index (κ3) is 3.16. The van der Waals surface area contributed by atoms with Gasteiger partial charge in [-0.2, -0.15) is 0 Å². The normalized spacial score (nSPS) is 29.4. The predicted molar refractivity (Wildman–Crippen MR) is 66.1 cm³/mol. The minimum Gasteiger partial charge on any atom is -0.329 e. The molecule has 0 saturated carbocycles. The standard InChI is InChI=1S/C12H27N3/c1-4-8-15-9-5-6-12(11-13,7-10-15)14(2)3/h4-11,13H2,1-3H3. The van der Waals surface area contributed by atoms with Crippen LogP contribution in [0.4, 0.5) is 0 Å². The summed E-state index contributed by atoms with van der Waals surface area (Å²) < 4.78 is 0. The van der Waals surface area contributed by atoms with E-state index in [2.05, 4.69) is 30.8 Å². The molecule has 3 nitrogen and oxygen atoms in total. The van der Waals surface area contributed by atoms with Crippen molar-refractivity contribution in [2.75, 3.05) is 40.3 Å². The van der Waals surface area contributed by atoms with E-state index >= 15 is 0 Å². The topological polar surface area (TPSA) is 32.5 Å². The predicted octanol–water partition coefficient (Wildman–Crippen LogP) is 1.14. The maximum atomic E-state index is 5.97. The van der Waals surface area contributed by atoms with Crippen molar-refractivity contribution in [1.29, 1.82) is 0 Å². The van der Waals surface area contributed by atoms with E-state index in [0.717, 1.165) is 6.54 Å². The van der Waals surface area contributed by atoms with Crippen molar-refractivity contribution < 1.29 is 0 Å². The summed E-state index contributed by atoms with van der Waals surface area (Å²) in [6.07, 6.45) is 5.01. The van der Waals surface area contributed by atoms with E-state index in [1.54, 1.807) is 0 Å². The van der Waals surface area contributed by atoms with Gasteiger partial charge in [0.1, 0.15) is 0 Å². The van der Waals surface area contributed by atoms with Crippen LogP contribution in [-0.2, 0) is 0 Å². The fraction of sp³-hybridized carbons (Fsp3) is 1.00. The molecular weight excluding hydrogens is 186 g/mol. The van der Waals surface area contributed by atoms with Gasteiger partial charge in [0.05, 0.1) is 0 Å². The zero-order valence-electron chi connectivity index (χ0n) is 10.6. The molecule has 1 fully saturated rings. The van der Waals surface area contributed by atoms with Gasteiger partial charge in [0, 0.05) is 12.1 Å². The fourth-order valence-electron chi connectivity index (χ4n) is 2.61. The number of likely N-dealkylation sites (N-methyl/N-ethyl adjacent to an activating group) is 1. The molecule has 0 amide bonds. The Morgan fingerprint density at radius 2 is 2.00 bits per heavy atom. The highest BCUT2D eigenvalue weighted by molar-refractivity contribution is 4.92. The quantitative estimate of drug-likeness (QED) is 0.760. The van der Waals surface area contributed by atoms with Gasteiger partial charge >= 0.3 is 0 Å². The molecule has 1 aliphatic heterocycles. The second-order valence-corrected chi connectivity index (χ2v) is 5.02. The smallest absolute Gasteiger partial charge is 0.0338 e. The van der Waals surface area contributed by atoms with Gasteiger partial charge in [-0.25, -0.2) is 0 Å². The van der Waals surface area contributed by atoms with E-state index in [-0.39, 0.29) is 5.54 Å². The van der Waals surface area contributed by atoms with Gasteiger partial charge in [-0.3, -0.25) is 0 Å². The molecule has 0 bridgehead atoms.